The molecule has 2 aromatic carbocycles. The molecule has 0 aromatic heterocycles. The molecule has 2 aromatic rings. The summed E-state index contributed by atoms with van der Waals surface area (Å²) in [7, 11) is 1.66. The van der Waals surface area contributed by atoms with Crippen LogP contribution in [0, 0.1) is 0 Å². The Bertz CT molecular complexity index is 995. The molecule has 182 valence electrons. The van der Waals surface area contributed by atoms with Crippen molar-refractivity contribution in [2.75, 3.05) is 12.4 Å². The van der Waals surface area contributed by atoms with Crippen molar-refractivity contribution in [3.63, 3.8) is 0 Å². The normalized spacial score (nSPS) is 11.3. The summed E-state index contributed by atoms with van der Waals surface area (Å²) in [6.07, 6.45) is 0.0950. The van der Waals surface area contributed by atoms with Crippen molar-refractivity contribution >= 4 is 45.4 Å². The van der Waals surface area contributed by atoms with Crippen LogP contribution in [0.2, 0.25) is 0 Å². The first-order valence-corrected chi connectivity index (χ1v) is 11.6. The van der Waals surface area contributed by atoms with Crippen molar-refractivity contribution in [3.8, 4) is 0 Å². The summed E-state index contributed by atoms with van der Waals surface area (Å²) < 4.78 is 6.31. The molecule has 4 amide bonds. The largest absolute Gasteiger partial charge is 0.445 e. The maximum absolute atomic E-state index is 12.5. The fraction of sp³-hybridized carbons (Fsp3) is 0.333. The summed E-state index contributed by atoms with van der Waals surface area (Å²) in [6.45, 7) is 2.32. The van der Waals surface area contributed by atoms with Gasteiger partial charge in [0.15, 0.2) is 0 Å². The van der Waals surface area contributed by atoms with Gasteiger partial charge in [-0.05, 0) is 41.8 Å². The fourth-order valence-electron chi connectivity index (χ4n) is 3.00. The van der Waals surface area contributed by atoms with E-state index < -0.39 is 23.9 Å². The van der Waals surface area contributed by atoms with Crippen molar-refractivity contribution in [2.24, 2.45) is 5.73 Å². The standard InChI is InChI=1S/C24H29BrN4O5/c1-3-4-22(31)28-20(13-21(26)30)23(32)27-19-11-7-17(8-12-19)15-34-24(33)29(2)14-16-5-9-18(25)10-6-16/h5-12,20H,3-4,13-15H2,1-2H3,(H2,26,30)(H,27,32)(H,28,31). The molecule has 10 heteroatoms. The van der Waals surface area contributed by atoms with Gasteiger partial charge in [0, 0.05) is 30.2 Å². The average Bonchev–Trinajstić information content (AvgIpc) is 2.79. The van der Waals surface area contributed by atoms with Gasteiger partial charge in [0.2, 0.25) is 17.7 Å². The lowest BCUT2D eigenvalue weighted by Gasteiger charge is -2.18. The molecule has 0 saturated heterocycles. The first kappa shape index (κ1) is 26.8. The molecule has 0 spiro atoms. The molecule has 2 rings (SSSR count). The number of nitrogens with zero attached hydrogens (tertiary/aromatic N) is 1. The highest BCUT2D eigenvalue weighted by molar-refractivity contribution is 9.10. The molecule has 1 unspecified atom stereocenters. The first-order chi connectivity index (χ1) is 16.2. The van der Waals surface area contributed by atoms with Crippen molar-refractivity contribution in [3.05, 3.63) is 64.1 Å². The highest BCUT2D eigenvalue weighted by atomic mass is 79.9. The first-order valence-electron chi connectivity index (χ1n) is 10.8. The highest BCUT2D eigenvalue weighted by Gasteiger charge is 2.22. The van der Waals surface area contributed by atoms with E-state index in [9.17, 15) is 19.2 Å². The number of halogens is 1. The van der Waals surface area contributed by atoms with E-state index in [1.54, 1.807) is 31.3 Å². The SMILES string of the molecule is CCCC(=O)NC(CC(N)=O)C(=O)Nc1ccc(COC(=O)N(C)Cc2ccc(Br)cc2)cc1. The average molecular weight is 533 g/mol. The minimum atomic E-state index is -1.06. The third-order valence-electron chi connectivity index (χ3n) is 4.76. The maximum Gasteiger partial charge on any atom is 0.410 e. The number of carbonyl (C=O) groups excluding carboxylic acids is 4. The summed E-state index contributed by atoms with van der Waals surface area (Å²) in [5.74, 6) is -1.57. The van der Waals surface area contributed by atoms with Crippen LogP contribution in [0.5, 0.6) is 0 Å². The molecule has 0 aliphatic heterocycles. The van der Waals surface area contributed by atoms with Crippen molar-refractivity contribution < 1.29 is 23.9 Å². The van der Waals surface area contributed by atoms with Crippen LogP contribution in [-0.4, -0.2) is 41.8 Å². The quantitative estimate of drug-likeness (QED) is 0.408. The molecule has 0 bridgehead atoms. The van der Waals surface area contributed by atoms with Crippen LogP contribution in [0.25, 0.3) is 0 Å². The second-order valence-electron chi connectivity index (χ2n) is 7.76. The van der Waals surface area contributed by atoms with Gasteiger partial charge in [-0.1, -0.05) is 47.1 Å². The van der Waals surface area contributed by atoms with Crippen molar-refractivity contribution in [2.45, 2.75) is 45.4 Å². The number of anilines is 1. The monoisotopic (exact) mass is 532 g/mol. The summed E-state index contributed by atoms with van der Waals surface area (Å²) in [4.78, 5) is 49.4. The summed E-state index contributed by atoms with van der Waals surface area (Å²) in [6, 6.07) is 13.3. The predicted octanol–water partition coefficient (Wildman–Crippen LogP) is 3.32. The molecule has 0 saturated carbocycles. The zero-order chi connectivity index (χ0) is 25.1. The van der Waals surface area contributed by atoms with Crippen LogP contribution in [-0.2, 0) is 32.3 Å². The van der Waals surface area contributed by atoms with Crippen LogP contribution in [0.3, 0.4) is 0 Å². The Hall–Kier alpha value is -3.40. The van der Waals surface area contributed by atoms with E-state index in [2.05, 4.69) is 26.6 Å². The van der Waals surface area contributed by atoms with Gasteiger partial charge in [0.25, 0.3) is 0 Å². The number of carbonyl (C=O) groups is 4. The number of nitrogens with one attached hydrogen (secondary N) is 2. The van der Waals surface area contributed by atoms with E-state index in [-0.39, 0.29) is 25.4 Å². The van der Waals surface area contributed by atoms with Crippen LogP contribution in [0.1, 0.15) is 37.3 Å². The number of nitrogens with two attached hydrogens (primary N) is 1. The lowest BCUT2D eigenvalue weighted by molar-refractivity contribution is -0.128. The lowest BCUT2D eigenvalue weighted by Crippen LogP contribution is -2.45. The molecule has 0 radical (unpaired) electrons. The minimum Gasteiger partial charge on any atom is -0.445 e. The van der Waals surface area contributed by atoms with Crippen LogP contribution < -0.4 is 16.4 Å². The number of rotatable bonds is 11. The van der Waals surface area contributed by atoms with Gasteiger partial charge in [-0.15, -0.1) is 0 Å². The molecule has 0 aliphatic carbocycles. The Balaban J connectivity index is 1.87. The Morgan fingerprint density at radius 3 is 2.24 bits per heavy atom. The number of benzene rings is 2. The second-order valence-corrected chi connectivity index (χ2v) is 8.68. The van der Waals surface area contributed by atoms with Gasteiger partial charge >= 0.3 is 6.09 Å². The fourth-order valence-corrected chi connectivity index (χ4v) is 3.27. The van der Waals surface area contributed by atoms with Crippen LogP contribution in [0.15, 0.2) is 53.0 Å². The van der Waals surface area contributed by atoms with E-state index in [0.717, 1.165) is 15.6 Å². The van der Waals surface area contributed by atoms with Gasteiger partial charge in [0.05, 0.1) is 6.42 Å². The van der Waals surface area contributed by atoms with E-state index in [4.69, 9.17) is 10.5 Å². The predicted molar refractivity (Wildman–Crippen MR) is 132 cm³/mol. The second kappa shape index (κ2) is 13.3. The van der Waals surface area contributed by atoms with Gasteiger partial charge in [-0.3, -0.25) is 14.4 Å². The minimum absolute atomic E-state index is 0.0646. The lowest BCUT2D eigenvalue weighted by atomic mass is 10.1. The van der Waals surface area contributed by atoms with E-state index in [1.807, 2.05) is 31.2 Å². The maximum atomic E-state index is 12.5. The summed E-state index contributed by atoms with van der Waals surface area (Å²) in [5, 5.41) is 5.18. The molecule has 1 atom stereocenters. The van der Waals surface area contributed by atoms with Gasteiger partial charge in [-0.2, -0.15) is 0 Å². The molecular formula is C24H29BrN4O5. The third-order valence-corrected chi connectivity index (χ3v) is 5.29. The Labute approximate surface area is 207 Å². The molecule has 0 heterocycles. The van der Waals surface area contributed by atoms with Gasteiger partial charge in [0.1, 0.15) is 12.6 Å². The number of hydrogen-bond donors (Lipinski definition) is 3. The van der Waals surface area contributed by atoms with E-state index in [0.29, 0.717) is 18.7 Å². The van der Waals surface area contributed by atoms with Crippen LogP contribution >= 0.6 is 15.9 Å². The highest BCUT2D eigenvalue weighted by Crippen LogP contribution is 2.14. The zero-order valence-electron chi connectivity index (χ0n) is 19.2. The summed E-state index contributed by atoms with van der Waals surface area (Å²) in [5.41, 5.74) is 7.37. The van der Waals surface area contributed by atoms with Crippen molar-refractivity contribution in [1.82, 2.24) is 10.2 Å². The molecule has 4 N–H and O–H groups in total. The molecule has 9 nitrogen and oxygen atoms in total. The molecule has 0 aliphatic rings. The molecule has 34 heavy (non-hydrogen) atoms. The smallest absolute Gasteiger partial charge is 0.410 e. The Kier molecular flexibility index (Phi) is 10.5. The number of ether oxygens (including phenoxy) is 1. The number of primary amides is 1. The van der Waals surface area contributed by atoms with E-state index in [1.165, 1.54) is 4.90 Å². The van der Waals surface area contributed by atoms with Gasteiger partial charge < -0.3 is 26.0 Å². The summed E-state index contributed by atoms with van der Waals surface area (Å²) >= 11 is 3.38. The Morgan fingerprint density at radius 1 is 1.03 bits per heavy atom. The third kappa shape index (κ3) is 9.22. The topological polar surface area (TPSA) is 131 Å². The van der Waals surface area contributed by atoms with Crippen LogP contribution in [0.4, 0.5) is 10.5 Å². The van der Waals surface area contributed by atoms with E-state index >= 15 is 0 Å². The number of hydrogen-bond acceptors (Lipinski definition) is 5. The molecule has 0 fully saturated rings. The number of amides is 4. The van der Waals surface area contributed by atoms with Crippen molar-refractivity contribution in [1.29, 1.82) is 0 Å². The molecular weight excluding hydrogens is 504 g/mol. The zero-order valence-corrected chi connectivity index (χ0v) is 20.8. The Morgan fingerprint density at radius 2 is 1.65 bits per heavy atom. The van der Waals surface area contributed by atoms with Gasteiger partial charge in [-0.25, -0.2) is 4.79 Å².